The lowest BCUT2D eigenvalue weighted by molar-refractivity contribution is 0.0696. The highest BCUT2D eigenvalue weighted by atomic mass is 16.4. The summed E-state index contributed by atoms with van der Waals surface area (Å²) in [5, 5.41) is 12.2. The maximum absolute atomic E-state index is 10.8. The fourth-order valence-electron chi connectivity index (χ4n) is 1.85. The maximum Gasteiger partial charge on any atom is 0.335 e. The topological polar surface area (TPSA) is 49.3 Å². The quantitative estimate of drug-likeness (QED) is 0.695. The van der Waals surface area contributed by atoms with Gasteiger partial charge in [-0.25, -0.2) is 4.79 Å². The fourth-order valence-corrected chi connectivity index (χ4v) is 1.85. The molecule has 0 radical (unpaired) electrons. The van der Waals surface area contributed by atoms with Gasteiger partial charge in [0, 0.05) is 6.54 Å². The summed E-state index contributed by atoms with van der Waals surface area (Å²) in [6.07, 6.45) is 3.70. The van der Waals surface area contributed by atoms with Crippen molar-refractivity contribution in [1.82, 2.24) is 5.32 Å². The predicted molar refractivity (Wildman–Crippen MR) is 73.8 cm³/mol. The molecule has 0 bridgehead atoms. The Morgan fingerprint density at radius 3 is 2.78 bits per heavy atom. The standard InChI is InChI=1S/C15H23NO2/c1-12(2)6-3-4-9-16-11-13-7-5-8-14(10-13)15(17)18/h5,7-8,10,12,16H,3-4,6,9,11H2,1-2H3,(H,17,18). The lowest BCUT2D eigenvalue weighted by Crippen LogP contribution is -2.15. The first-order valence-corrected chi connectivity index (χ1v) is 6.62. The summed E-state index contributed by atoms with van der Waals surface area (Å²) in [5.74, 6) is -0.0916. The van der Waals surface area contributed by atoms with E-state index in [0.29, 0.717) is 5.56 Å². The number of carboxylic acid groups (broad SMARTS) is 1. The van der Waals surface area contributed by atoms with Crippen molar-refractivity contribution < 1.29 is 9.90 Å². The molecule has 2 N–H and O–H groups in total. The first-order valence-electron chi connectivity index (χ1n) is 6.62. The van der Waals surface area contributed by atoms with Gasteiger partial charge >= 0.3 is 5.97 Å². The van der Waals surface area contributed by atoms with E-state index in [-0.39, 0.29) is 0 Å². The molecule has 0 aliphatic heterocycles. The number of hydrogen-bond donors (Lipinski definition) is 2. The average Bonchev–Trinajstić information content (AvgIpc) is 2.33. The molecule has 0 amide bonds. The minimum atomic E-state index is -0.867. The van der Waals surface area contributed by atoms with Crippen LogP contribution in [-0.4, -0.2) is 17.6 Å². The van der Waals surface area contributed by atoms with E-state index in [1.807, 2.05) is 6.07 Å². The van der Waals surface area contributed by atoms with Crippen LogP contribution >= 0.6 is 0 Å². The van der Waals surface area contributed by atoms with Gasteiger partial charge in [0.05, 0.1) is 5.56 Å². The van der Waals surface area contributed by atoms with Gasteiger partial charge in [0.25, 0.3) is 0 Å². The molecule has 3 heteroatoms. The molecule has 0 heterocycles. The third-order valence-corrected chi connectivity index (χ3v) is 2.89. The van der Waals surface area contributed by atoms with Crippen molar-refractivity contribution >= 4 is 5.97 Å². The lowest BCUT2D eigenvalue weighted by Gasteiger charge is -2.07. The molecule has 1 aromatic carbocycles. The number of carboxylic acids is 1. The highest BCUT2D eigenvalue weighted by molar-refractivity contribution is 5.87. The summed E-state index contributed by atoms with van der Waals surface area (Å²) in [6.45, 7) is 6.21. The predicted octanol–water partition coefficient (Wildman–Crippen LogP) is 3.30. The van der Waals surface area contributed by atoms with Crippen molar-refractivity contribution in [2.45, 2.75) is 39.7 Å². The van der Waals surface area contributed by atoms with E-state index in [4.69, 9.17) is 5.11 Å². The number of rotatable bonds is 8. The van der Waals surface area contributed by atoms with Gasteiger partial charge in [0.1, 0.15) is 0 Å². The number of hydrogen-bond acceptors (Lipinski definition) is 2. The molecule has 0 saturated carbocycles. The van der Waals surface area contributed by atoms with Crippen LogP contribution in [0, 0.1) is 5.92 Å². The minimum Gasteiger partial charge on any atom is -0.478 e. The first kappa shape index (κ1) is 14.7. The van der Waals surface area contributed by atoms with Gasteiger partial charge in [0.2, 0.25) is 0 Å². The largest absolute Gasteiger partial charge is 0.478 e. The van der Waals surface area contributed by atoms with Crippen molar-refractivity contribution in [3.05, 3.63) is 35.4 Å². The molecule has 0 spiro atoms. The Bertz CT molecular complexity index is 375. The molecule has 3 nitrogen and oxygen atoms in total. The van der Waals surface area contributed by atoms with Gasteiger partial charge in [0.15, 0.2) is 0 Å². The second-order valence-electron chi connectivity index (χ2n) is 5.07. The van der Waals surface area contributed by atoms with Gasteiger partial charge in [-0.15, -0.1) is 0 Å². The highest BCUT2D eigenvalue weighted by Gasteiger charge is 2.02. The molecule has 0 saturated heterocycles. The van der Waals surface area contributed by atoms with E-state index in [1.54, 1.807) is 18.2 Å². The number of carbonyl (C=O) groups is 1. The molecule has 18 heavy (non-hydrogen) atoms. The zero-order valence-electron chi connectivity index (χ0n) is 11.3. The Kier molecular flexibility index (Phi) is 6.44. The molecule has 0 atom stereocenters. The Morgan fingerprint density at radius 2 is 2.11 bits per heavy atom. The Balaban J connectivity index is 2.23. The monoisotopic (exact) mass is 249 g/mol. The van der Waals surface area contributed by atoms with Crippen molar-refractivity contribution in [2.75, 3.05) is 6.54 Å². The number of unbranched alkanes of at least 4 members (excludes halogenated alkanes) is 1. The molecular weight excluding hydrogens is 226 g/mol. The molecule has 0 aromatic heterocycles. The SMILES string of the molecule is CC(C)CCCCNCc1cccc(C(=O)O)c1. The molecule has 0 unspecified atom stereocenters. The van der Waals surface area contributed by atoms with E-state index >= 15 is 0 Å². The number of benzene rings is 1. The third-order valence-electron chi connectivity index (χ3n) is 2.89. The first-order chi connectivity index (χ1) is 8.59. The lowest BCUT2D eigenvalue weighted by atomic mass is 10.1. The summed E-state index contributed by atoms with van der Waals surface area (Å²) in [7, 11) is 0. The van der Waals surface area contributed by atoms with Gasteiger partial charge in [-0.05, 0) is 36.6 Å². The van der Waals surface area contributed by atoms with Gasteiger partial charge < -0.3 is 10.4 Å². The Hall–Kier alpha value is -1.35. The van der Waals surface area contributed by atoms with E-state index in [2.05, 4.69) is 19.2 Å². The van der Waals surface area contributed by atoms with E-state index in [0.717, 1.165) is 24.6 Å². The minimum absolute atomic E-state index is 0.356. The maximum atomic E-state index is 10.8. The molecular formula is C15H23NO2. The molecule has 0 fully saturated rings. The van der Waals surface area contributed by atoms with Gasteiger partial charge in [-0.1, -0.05) is 38.8 Å². The second kappa shape index (κ2) is 7.88. The number of nitrogens with one attached hydrogen (secondary N) is 1. The van der Waals surface area contributed by atoms with E-state index in [1.165, 1.54) is 19.3 Å². The molecule has 100 valence electrons. The van der Waals surface area contributed by atoms with Crippen LogP contribution in [0.3, 0.4) is 0 Å². The smallest absolute Gasteiger partial charge is 0.335 e. The normalized spacial score (nSPS) is 10.8. The van der Waals surface area contributed by atoms with Crippen molar-refractivity contribution in [3.63, 3.8) is 0 Å². The Morgan fingerprint density at radius 1 is 1.33 bits per heavy atom. The van der Waals surface area contributed by atoms with Crippen LogP contribution in [-0.2, 0) is 6.54 Å². The van der Waals surface area contributed by atoms with Gasteiger partial charge in [-0.3, -0.25) is 0 Å². The zero-order valence-corrected chi connectivity index (χ0v) is 11.3. The molecule has 0 aliphatic carbocycles. The van der Waals surface area contributed by atoms with Gasteiger partial charge in [-0.2, -0.15) is 0 Å². The molecule has 0 aliphatic rings. The zero-order chi connectivity index (χ0) is 13.4. The number of aromatic carboxylic acids is 1. The summed E-state index contributed by atoms with van der Waals surface area (Å²) >= 11 is 0. The summed E-state index contributed by atoms with van der Waals surface area (Å²) in [6, 6.07) is 7.09. The van der Waals surface area contributed by atoms with E-state index in [9.17, 15) is 4.79 Å². The molecule has 1 aromatic rings. The van der Waals surface area contributed by atoms with Crippen LogP contribution in [0.25, 0.3) is 0 Å². The van der Waals surface area contributed by atoms with Crippen molar-refractivity contribution in [3.8, 4) is 0 Å². The van der Waals surface area contributed by atoms with Crippen LogP contribution in [0.5, 0.6) is 0 Å². The Labute approximate surface area is 109 Å². The summed E-state index contributed by atoms with van der Waals surface area (Å²) in [5.41, 5.74) is 1.38. The highest BCUT2D eigenvalue weighted by Crippen LogP contribution is 2.07. The average molecular weight is 249 g/mol. The molecule has 1 rings (SSSR count). The third kappa shape index (κ3) is 5.82. The summed E-state index contributed by atoms with van der Waals surface area (Å²) in [4.78, 5) is 10.8. The van der Waals surface area contributed by atoms with Crippen LogP contribution in [0.15, 0.2) is 24.3 Å². The van der Waals surface area contributed by atoms with Crippen LogP contribution in [0.2, 0.25) is 0 Å². The van der Waals surface area contributed by atoms with E-state index < -0.39 is 5.97 Å². The van der Waals surface area contributed by atoms with Crippen LogP contribution in [0.4, 0.5) is 0 Å². The van der Waals surface area contributed by atoms with Crippen LogP contribution < -0.4 is 5.32 Å². The summed E-state index contributed by atoms with van der Waals surface area (Å²) < 4.78 is 0. The fraction of sp³-hybridized carbons (Fsp3) is 0.533. The van der Waals surface area contributed by atoms with Crippen molar-refractivity contribution in [2.24, 2.45) is 5.92 Å². The second-order valence-corrected chi connectivity index (χ2v) is 5.07. The van der Waals surface area contributed by atoms with Crippen molar-refractivity contribution in [1.29, 1.82) is 0 Å². The van der Waals surface area contributed by atoms with Crippen LogP contribution in [0.1, 0.15) is 49.0 Å².